The summed E-state index contributed by atoms with van der Waals surface area (Å²) in [4.78, 5) is 12.0. The number of rotatable bonds is 2. The minimum absolute atomic E-state index is 0.108. The number of carbonyl (C=O) groups excluding carboxylic acids is 1. The third kappa shape index (κ3) is 2.24. The van der Waals surface area contributed by atoms with Crippen molar-refractivity contribution in [2.75, 3.05) is 5.32 Å². The Labute approximate surface area is 94.8 Å². The molecule has 5 heteroatoms. The molecule has 2 atom stereocenters. The number of nitrogens with zero attached hydrogens (tertiary/aromatic N) is 1. The van der Waals surface area contributed by atoms with E-state index in [4.69, 9.17) is 5.73 Å². The number of amides is 1. The van der Waals surface area contributed by atoms with Gasteiger partial charge in [0.15, 0.2) is 0 Å². The zero-order valence-electron chi connectivity index (χ0n) is 9.49. The van der Waals surface area contributed by atoms with E-state index in [1.54, 1.807) is 12.3 Å². The Morgan fingerprint density at radius 3 is 3.19 bits per heavy atom. The SMILES string of the molecule is CC1CCCC(N)(C(=O)Nc2ccn[nH]2)C1. The molecule has 16 heavy (non-hydrogen) atoms. The van der Waals surface area contributed by atoms with Crippen LogP contribution in [0.4, 0.5) is 5.82 Å². The van der Waals surface area contributed by atoms with Crippen molar-refractivity contribution in [2.45, 2.75) is 38.1 Å². The Hall–Kier alpha value is -1.36. The summed E-state index contributed by atoms with van der Waals surface area (Å²) in [6, 6.07) is 1.72. The number of hydrogen-bond donors (Lipinski definition) is 3. The van der Waals surface area contributed by atoms with Crippen LogP contribution in [0.2, 0.25) is 0 Å². The lowest BCUT2D eigenvalue weighted by Gasteiger charge is -2.35. The van der Waals surface area contributed by atoms with Gasteiger partial charge in [-0.2, -0.15) is 5.10 Å². The van der Waals surface area contributed by atoms with Gasteiger partial charge in [-0.1, -0.05) is 19.8 Å². The smallest absolute Gasteiger partial charge is 0.245 e. The van der Waals surface area contributed by atoms with Crippen LogP contribution in [0.1, 0.15) is 32.6 Å². The summed E-state index contributed by atoms with van der Waals surface area (Å²) in [7, 11) is 0. The molecule has 0 saturated heterocycles. The summed E-state index contributed by atoms with van der Waals surface area (Å²) in [5, 5.41) is 9.25. The topological polar surface area (TPSA) is 83.8 Å². The molecule has 1 aromatic heterocycles. The monoisotopic (exact) mass is 222 g/mol. The van der Waals surface area contributed by atoms with Gasteiger partial charge in [0.05, 0.1) is 11.7 Å². The Morgan fingerprint density at radius 1 is 1.75 bits per heavy atom. The summed E-state index contributed by atoms with van der Waals surface area (Å²) in [6.45, 7) is 2.14. The number of aromatic amines is 1. The largest absolute Gasteiger partial charge is 0.317 e. The molecule has 4 N–H and O–H groups in total. The maximum Gasteiger partial charge on any atom is 0.245 e. The fourth-order valence-corrected chi connectivity index (χ4v) is 2.37. The normalized spacial score (nSPS) is 30.0. The molecule has 1 amide bonds. The van der Waals surface area contributed by atoms with E-state index in [1.165, 1.54) is 0 Å². The van der Waals surface area contributed by atoms with E-state index in [-0.39, 0.29) is 5.91 Å². The van der Waals surface area contributed by atoms with E-state index in [0.29, 0.717) is 11.7 Å². The molecule has 1 heterocycles. The van der Waals surface area contributed by atoms with Crippen molar-refractivity contribution in [3.8, 4) is 0 Å². The third-order valence-corrected chi connectivity index (χ3v) is 3.23. The second kappa shape index (κ2) is 4.25. The number of H-pyrrole nitrogens is 1. The maximum atomic E-state index is 12.0. The highest BCUT2D eigenvalue weighted by Gasteiger charge is 2.38. The van der Waals surface area contributed by atoms with Crippen LogP contribution in [0.5, 0.6) is 0 Å². The zero-order chi connectivity index (χ0) is 11.6. The Balaban J connectivity index is 2.02. The Morgan fingerprint density at radius 2 is 2.56 bits per heavy atom. The molecule has 0 spiro atoms. The van der Waals surface area contributed by atoms with Crippen molar-refractivity contribution in [1.29, 1.82) is 0 Å². The van der Waals surface area contributed by atoms with Crippen molar-refractivity contribution in [3.05, 3.63) is 12.3 Å². The second-order valence-electron chi connectivity index (χ2n) is 4.78. The first kappa shape index (κ1) is 11.1. The first-order chi connectivity index (χ1) is 7.60. The minimum Gasteiger partial charge on any atom is -0.317 e. The molecular formula is C11H18N4O. The number of nitrogens with two attached hydrogens (primary N) is 1. The van der Waals surface area contributed by atoms with E-state index >= 15 is 0 Å². The van der Waals surface area contributed by atoms with Crippen LogP contribution in [0.3, 0.4) is 0 Å². The van der Waals surface area contributed by atoms with Crippen molar-refractivity contribution in [2.24, 2.45) is 11.7 Å². The minimum atomic E-state index is -0.719. The lowest BCUT2D eigenvalue weighted by atomic mass is 9.76. The molecule has 1 aliphatic rings. The van der Waals surface area contributed by atoms with Crippen molar-refractivity contribution < 1.29 is 4.79 Å². The number of hydrogen-bond acceptors (Lipinski definition) is 3. The fourth-order valence-electron chi connectivity index (χ4n) is 2.37. The molecule has 0 aromatic carbocycles. The van der Waals surface area contributed by atoms with Crippen molar-refractivity contribution in [1.82, 2.24) is 10.2 Å². The van der Waals surface area contributed by atoms with Crippen LogP contribution in [0.15, 0.2) is 12.3 Å². The molecule has 0 aliphatic heterocycles. The van der Waals surface area contributed by atoms with Gasteiger partial charge >= 0.3 is 0 Å². The Kier molecular flexibility index (Phi) is 2.96. The van der Waals surface area contributed by atoms with Crippen LogP contribution < -0.4 is 11.1 Å². The molecule has 0 radical (unpaired) electrons. The molecule has 2 unspecified atom stereocenters. The van der Waals surface area contributed by atoms with Crippen molar-refractivity contribution in [3.63, 3.8) is 0 Å². The molecule has 1 aromatic rings. The molecule has 5 nitrogen and oxygen atoms in total. The number of carbonyl (C=O) groups is 1. The predicted molar refractivity (Wildman–Crippen MR) is 61.8 cm³/mol. The summed E-state index contributed by atoms with van der Waals surface area (Å²) in [5.74, 6) is 1.02. The molecular weight excluding hydrogens is 204 g/mol. The highest BCUT2D eigenvalue weighted by Crippen LogP contribution is 2.31. The van der Waals surface area contributed by atoms with Crippen LogP contribution in [0.25, 0.3) is 0 Å². The molecule has 1 fully saturated rings. The first-order valence-corrected chi connectivity index (χ1v) is 5.70. The van der Waals surface area contributed by atoms with E-state index in [1.807, 2.05) is 0 Å². The standard InChI is InChI=1S/C11H18N4O/c1-8-3-2-5-11(12,7-8)10(16)14-9-4-6-13-15-9/h4,6,8H,2-3,5,7,12H2,1H3,(H2,13,14,15,16). The van der Waals surface area contributed by atoms with Gasteiger partial charge < -0.3 is 11.1 Å². The van der Waals surface area contributed by atoms with Gasteiger partial charge in [0.1, 0.15) is 5.82 Å². The fraction of sp³-hybridized carbons (Fsp3) is 0.636. The van der Waals surface area contributed by atoms with E-state index in [9.17, 15) is 4.79 Å². The van der Waals surface area contributed by atoms with E-state index in [0.717, 1.165) is 25.7 Å². The summed E-state index contributed by atoms with van der Waals surface area (Å²) in [5.41, 5.74) is 5.44. The van der Waals surface area contributed by atoms with E-state index in [2.05, 4.69) is 22.4 Å². The number of anilines is 1. The van der Waals surface area contributed by atoms with Crippen LogP contribution in [0, 0.1) is 5.92 Å². The van der Waals surface area contributed by atoms with Gasteiger partial charge in [-0.3, -0.25) is 9.89 Å². The molecule has 88 valence electrons. The first-order valence-electron chi connectivity index (χ1n) is 5.70. The Bertz CT molecular complexity index is 362. The van der Waals surface area contributed by atoms with Gasteiger partial charge in [0.2, 0.25) is 5.91 Å². The zero-order valence-corrected chi connectivity index (χ0v) is 9.49. The maximum absolute atomic E-state index is 12.0. The number of aromatic nitrogens is 2. The molecule has 1 saturated carbocycles. The second-order valence-corrected chi connectivity index (χ2v) is 4.78. The lowest BCUT2D eigenvalue weighted by molar-refractivity contribution is -0.122. The van der Waals surface area contributed by atoms with Gasteiger partial charge in [-0.05, 0) is 18.8 Å². The highest BCUT2D eigenvalue weighted by molar-refractivity contribution is 5.97. The lowest BCUT2D eigenvalue weighted by Crippen LogP contribution is -2.53. The van der Waals surface area contributed by atoms with Crippen LogP contribution in [-0.4, -0.2) is 21.6 Å². The van der Waals surface area contributed by atoms with Crippen LogP contribution >= 0.6 is 0 Å². The quantitative estimate of drug-likeness (QED) is 0.704. The molecule has 2 rings (SSSR count). The third-order valence-electron chi connectivity index (χ3n) is 3.23. The molecule has 1 aliphatic carbocycles. The van der Waals surface area contributed by atoms with E-state index < -0.39 is 5.54 Å². The average molecular weight is 222 g/mol. The van der Waals surface area contributed by atoms with Gasteiger partial charge in [0.25, 0.3) is 0 Å². The number of nitrogens with one attached hydrogen (secondary N) is 2. The molecule has 0 bridgehead atoms. The van der Waals surface area contributed by atoms with Gasteiger partial charge in [-0.15, -0.1) is 0 Å². The predicted octanol–water partition coefficient (Wildman–Crippen LogP) is 1.26. The summed E-state index contributed by atoms with van der Waals surface area (Å²) >= 11 is 0. The van der Waals surface area contributed by atoms with Crippen molar-refractivity contribution >= 4 is 11.7 Å². The summed E-state index contributed by atoms with van der Waals surface area (Å²) < 4.78 is 0. The van der Waals surface area contributed by atoms with Gasteiger partial charge in [0, 0.05) is 6.07 Å². The summed E-state index contributed by atoms with van der Waals surface area (Å²) in [6.07, 6.45) is 5.30. The average Bonchev–Trinajstić information content (AvgIpc) is 2.70. The highest BCUT2D eigenvalue weighted by atomic mass is 16.2. The van der Waals surface area contributed by atoms with Gasteiger partial charge in [-0.25, -0.2) is 0 Å². The van der Waals surface area contributed by atoms with Crippen LogP contribution in [-0.2, 0) is 4.79 Å².